The summed E-state index contributed by atoms with van der Waals surface area (Å²) in [5.74, 6) is -1.19. The van der Waals surface area contributed by atoms with Crippen molar-refractivity contribution >= 4 is 34.5 Å². The van der Waals surface area contributed by atoms with Crippen LogP contribution in [0.5, 0.6) is 0 Å². The summed E-state index contributed by atoms with van der Waals surface area (Å²) in [6.45, 7) is 14.0. The molecule has 8 heteroatoms. The molecule has 21 heavy (non-hydrogen) atoms. The van der Waals surface area contributed by atoms with Crippen molar-refractivity contribution in [2.24, 2.45) is 0 Å². The standard InChI is InChI=1S/C13H30O5Si3/c1-11(2)12(14)15-10-8-7-9-13(16-19,17-20(3)4)18-21(5)6/h20-21H,1,7-10H2,2-6,19H3. The van der Waals surface area contributed by atoms with Gasteiger partial charge in [0.2, 0.25) is 0 Å². The van der Waals surface area contributed by atoms with E-state index in [1.807, 2.05) is 0 Å². The summed E-state index contributed by atoms with van der Waals surface area (Å²) in [5.41, 5.74) is 0.426. The third-order valence-corrected chi connectivity index (χ3v) is 4.88. The molecule has 0 fully saturated rings. The zero-order valence-electron chi connectivity index (χ0n) is 14.2. The third-order valence-electron chi connectivity index (χ3n) is 2.60. The molecule has 0 aromatic rings. The van der Waals surface area contributed by atoms with Gasteiger partial charge >= 0.3 is 5.97 Å². The van der Waals surface area contributed by atoms with Crippen LogP contribution in [0.25, 0.3) is 0 Å². The van der Waals surface area contributed by atoms with E-state index in [1.165, 1.54) is 0 Å². The van der Waals surface area contributed by atoms with Gasteiger partial charge in [-0.15, -0.1) is 0 Å². The highest BCUT2D eigenvalue weighted by atomic mass is 28.3. The van der Waals surface area contributed by atoms with E-state index in [2.05, 4.69) is 32.8 Å². The van der Waals surface area contributed by atoms with Crippen LogP contribution < -0.4 is 0 Å². The molecule has 5 nitrogen and oxygen atoms in total. The Kier molecular flexibility index (Phi) is 10.3. The minimum atomic E-state index is -1.26. The van der Waals surface area contributed by atoms with Crippen molar-refractivity contribution in [3.63, 3.8) is 0 Å². The molecule has 0 radical (unpaired) electrons. The highest BCUT2D eigenvalue weighted by Gasteiger charge is 2.33. The fourth-order valence-corrected chi connectivity index (χ4v) is 4.66. The molecule has 124 valence electrons. The Morgan fingerprint density at radius 1 is 1.14 bits per heavy atom. The summed E-state index contributed by atoms with van der Waals surface area (Å²) in [4.78, 5) is 11.3. The third kappa shape index (κ3) is 9.38. The summed E-state index contributed by atoms with van der Waals surface area (Å²) >= 11 is 0. The first-order chi connectivity index (χ1) is 9.72. The lowest BCUT2D eigenvalue weighted by molar-refractivity contribution is -0.262. The summed E-state index contributed by atoms with van der Waals surface area (Å²) in [7, 11) is -1.96. The lowest BCUT2D eigenvalue weighted by Crippen LogP contribution is -2.44. The minimum Gasteiger partial charge on any atom is -0.462 e. The van der Waals surface area contributed by atoms with Gasteiger partial charge < -0.3 is 18.0 Å². The predicted octanol–water partition coefficient (Wildman–Crippen LogP) is 1.23. The number of hydrogen-bond donors (Lipinski definition) is 0. The number of carbonyl (C=O) groups is 1. The van der Waals surface area contributed by atoms with Crippen LogP contribution in [0.4, 0.5) is 0 Å². The summed E-state index contributed by atoms with van der Waals surface area (Å²) in [6, 6.07) is 0. The SMILES string of the molecule is C=C(C)C(=O)OCCCCC(O[SiH3])(O[SiH](C)C)O[SiH](C)C. The van der Waals surface area contributed by atoms with Gasteiger partial charge in [0.15, 0.2) is 28.6 Å². The van der Waals surface area contributed by atoms with Crippen LogP contribution in [0.2, 0.25) is 26.2 Å². The second-order valence-corrected chi connectivity index (χ2v) is 10.7. The maximum absolute atomic E-state index is 11.3. The second kappa shape index (κ2) is 10.5. The van der Waals surface area contributed by atoms with Gasteiger partial charge in [-0.25, -0.2) is 4.79 Å². The van der Waals surface area contributed by atoms with E-state index in [0.29, 0.717) is 29.1 Å². The molecule has 0 rings (SSSR count). The van der Waals surface area contributed by atoms with Gasteiger partial charge in [0.05, 0.1) is 6.61 Å². The number of ether oxygens (including phenoxy) is 1. The fraction of sp³-hybridized carbons (Fsp3) is 0.769. The highest BCUT2D eigenvalue weighted by molar-refractivity contribution is 6.49. The van der Waals surface area contributed by atoms with Gasteiger partial charge in [-0.3, -0.25) is 0 Å². The lowest BCUT2D eigenvalue weighted by Gasteiger charge is -2.36. The number of esters is 1. The smallest absolute Gasteiger partial charge is 0.333 e. The van der Waals surface area contributed by atoms with Crippen molar-refractivity contribution < 1.29 is 22.8 Å². The quantitative estimate of drug-likeness (QED) is 0.184. The number of unbranched alkanes of at least 4 members (excludes halogenated alkanes) is 1. The molecule has 0 unspecified atom stereocenters. The highest BCUT2D eigenvalue weighted by Crippen LogP contribution is 2.24. The van der Waals surface area contributed by atoms with E-state index in [9.17, 15) is 4.79 Å². The molecule has 0 spiro atoms. The molecule has 0 aromatic carbocycles. The molecule has 0 heterocycles. The van der Waals surface area contributed by atoms with Crippen LogP contribution in [-0.4, -0.2) is 47.1 Å². The van der Waals surface area contributed by atoms with Gasteiger partial charge in [-0.1, -0.05) is 6.58 Å². The van der Waals surface area contributed by atoms with Gasteiger partial charge in [0.1, 0.15) is 0 Å². The Bertz CT molecular complexity index is 324. The van der Waals surface area contributed by atoms with E-state index in [-0.39, 0.29) is 5.97 Å². The number of rotatable bonds is 11. The molecule has 0 aliphatic carbocycles. The molecular weight excluding hydrogens is 320 g/mol. The molecule has 0 bridgehead atoms. The van der Waals surface area contributed by atoms with E-state index in [1.54, 1.807) is 6.92 Å². The van der Waals surface area contributed by atoms with Crippen molar-refractivity contribution in [1.29, 1.82) is 0 Å². The minimum absolute atomic E-state index is 0.336. The normalized spacial score (nSPS) is 12.1. The van der Waals surface area contributed by atoms with Crippen molar-refractivity contribution in [3.8, 4) is 0 Å². The topological polar surface area (TPSA) is 54.0 Å². The van der Waals surface area contributed by atoms with Gasteiger partial charge in [0, 0.05) is 12.0 Å². The molecule has 0 aliphatic heterocycles. The molecule has 0 atom stereocenters. The zero-order chi connectivity index (χ0) is 16.5. The first-order valence-electron chi connectivity index (χ1n) is 7.46. The monoisotopic (exact) mass is 350 g/mol. The van der Waals surface area contributed by atoms with Crippen LogP contribution in [0.1, 0.15) is 26.2 Å². The molecule has 0 saturated heterocycles. The molecule has 0 N–H and O–H groups in total. The summed E-state index contributed by atoms with van der Waals surface area (Å²) < 4.78 is 22.8. The van der Waals surface area contributed by atoms with Crippen LogP contribution in [-0.2, 0) is 22.8 Å². The Labute approximate surface area is 135 Å². The van der Waals surface area contributed by atoms with Gasteiger partial charge in [-0.05, 0) is 46.0 Å². The van der Waals surface area contributed by atoms with E-state index in [0.717, 1.165) is 12.8 Å². The van der Waals surface area contributed by atoms with E-state index in [4.69, 9.17) is 18.0 Å². The largest absolute Gasteiger partial charge is 0.462 e. The summed E-state index contributed by atoms with van der Waals surface area (Å²) in [5, 5.41) is 0. The molecular formula is C13H30O5Si3. The molecule has 0 aliphatic rings. The zero-order valence-corrected chi connectivity index (χ0v) is 18.5. The Balaban J connectivity index is 4.29. The Morgan fingerprint density at radius 2 is 1.67 bits per heavy atom. The molecule has 0 amide bonds. The second-order valence-electron chi connectivity index (χ2n) is 5.59. The van der Waals surface area contributed by atoms with Crippen LogP contribution >= 0.6 is 0 Å². The van der Waals surface area contributed by atoms with Gasteiger partial charge in [0.25, 0.3) is 5.97 Å². The Morgan fingerprint density at radius 3 is 2.05 bits per heavy atom. The van der Waals surface area contributed by atoms with E-state index < -0.39 is 24.1 Å². The van der Waals surface area contributed by atoms with Crippen molar-refractivity contribution in [2.75, 3.05) is 6.61 Å². The van der Waals surface area contributed by atoms with Crippen LogP contribution in [0.15, 0.2) is 12.2 Å². The van der Waals surface area contributed by atoms with Gasteiger partial charge in [-0.2, -0.15) is 0 Å². The number of hydrogen-bond acceptors (Lipinski definition) is 5. The number of carbonyl (C=O) groups excluding carboxylic acids is 1. The molecule has 0 saturated carbocycles. The van der Waals surface area contributed by atoms with Crippen LogP contribution in [0, 0.1) is 0 Å². The maximum Gasteiger partial charge on any atom is 0.333 e. The van der Waals surface area contributed by atoms with Crippen molar-refractivity contribution in [2.45, 2.75) is 58.3 Å². The van der Waals surface area contributed by atoms with E-state index >= 15 is 0 Å². The molecule has 0 aromatic heterocycles. The van der Waals surface area contributed by atoms with Crippen LogP contribution in [0.3, 0.4) is 0 Å². The van der Waals surface area contributed by atoms with Crippen molar-refractivity contribution in [1.82, 2.24) is 0 Å². The lowest BCUT2D eigenvalue weighted by atomic mass is 10.2. The fourth-order valence-electron chi connectivity index (χ4n) is 1.79. The average Bonchev–Trinajstić information content (AvgIpc) is 2.36. The van der Waals surface area contributed by atoms with Crippen molar-refractivity contribution in [3.05, 3.63) is 12.2 Å². The average molecular weight is 351 g/mol. The first kappa shape index (κ1) is 20.7. The summed E-state index contributed by atoms with van der Waals surface area (Å²) in [6.07, 6.45) is 2.27. The maximum atomic E-state index is 11.3. The Hall–Kier alpha value is -0.259. The first-order valence-corrected chi connectivity index (χ1v) is 13.8. The predicted molar refractivity (Wildman–Crippen MR) is 93.3 cm³/mol.